The molecule has 1 rings (SSSR count). The minimum atomic E-state index is -1.06. The SMILES string of the molecule is CCC(C)C(N)CS(=O)c1cccc(Cl)c1. The average Bonchev–Trinajstić information content (AvgIpc) is 2.27. The van der Waals surface area contributed by atoms with Crippen LogP contribution < -0.4 is 5.73 Å². The Morgan fingerprint density at radius 2 is 2.19 bits per heavy atom. The first-order valence-electron chi connectivity index (χ1n) is 5.44. The van der Waals surface area contributed by atoms with E-state index in [9.17, 15) is 4.21 Å². The summed E-state index contributed by atoms with van der Waals surface area (Å²) in [5, 5.41) is 0.614. The van der Waals surface area contributed by atoms with Crippen LogP contribution in [0.4, 0.5) is 0 Å². The van der Waals surface area contributed by atoms with Gasteiger partial charge >= 0.3 is 0 Å². The van der Waals surface area contributed by atoms with Gasteiger partial charge in [0.25, 0.3) is 0 Å². The summed E-state index contributed by atoms with van der Waals surface area (Å²) in [6.07, 6.45) is 1.01. The zero-order valence-electron chi connectivity index (χ0n) is 9.65. The van der Waals surface area contributed by atoms with Crippen LogP contribution in [0.3, 0.4) is 0 Å². The molecule has 1 aromatic rings. The molecule has 0 aliphatic carbocycles. The van der Waals surface area contributed by atoms with Crippen LogP contribution in [0.1, 0.15) is 20.3 Å². The quantitative estimate of drug-likeness (QED) is 0.884. The number of halogens is 1. The van der Waals surface area contributed by atoms with Crippen LogP contribution in [0, 0.1) is 5.92 Å². The van der Waals surface area contributed by atoms with Crippen molar-refractivity contribution < 1.29 is 4.21 Å². The monoisotopic (exact) mass is 259 g/mol. The zero-order valence-corrected chi connectivity index (χ0v) is 11.2. The fraction of sp³-hybridized carbons (Fsp3) is 0.500. The van der Waals surface area contributed by atoms with Gasteiger partial charge < -0.3 is 5.73 Å². The van der Waals surface area contributed by atoms with E-state index < -0.39 is 10.8 Å². The highest BCUT2D eigenvalue weighted by atomic mass is 35.5. The van der Waals surface area contributed by atoms with Gasteiger partial charge in [0.1, 0.15) is 0 Å². The molecule has 0 spiro atoms. The first-order chi connectivity index (χ1) is 7.54. The van der Waals surface area contributed by atoms with Gasteiger partial charge in [-0.15, -0.1) is 0 Å². The molecule has 0 heterocycles. The lowest BCUT2D eigenvalue weighted by atomic mass is 10.0. The molecule has 0 saturated carbocycles. The third kappa shape index (κ3) is 3.89. The van der Waals surface area contributed by atoms with Crippen molar-refractivity contribution in [1.82, 2.24) is 0 Å². The van der Waals surface area contributed by atoms with E-state index in [-0.39, 0.29) is 6.04 Å². The molecule has 0 fully saturated rings. The predicted molar refractivity (Wildman–Crippen MR) is 70.2 cm³/mol. The maximum Gasteiger partial charge on any atom is 0.0545 e. The number of nitrogens with two attached hydrogens (primary N) is 1. The third-order valence-corrected chi connectivity index (χ3v) is 4.48. The van der Waals surface area contributed by atoms with E-state index in [2.05, 4.69) is 13.8 Å². The van der Waals surface area contributed by atoms with Crippen LogP contribution in [0.5, 0.6) is 0 Å². The van der Waals surface area contributed by atoms with Gasteiger partial charge in [0.15, 0.2) is 0 Å². The summed E-state index contributed by atoms with van der Waals surface area (Å²) in [4.78, 5) is 0.756. The van der Waals surface area contributed by atoms with Gasteiger partial charge in [-0.3, -0.25) is 4.21 Å². The van der Waals surface area contributed by atoms with Crippen LogP contribution >= 0.6 is 11.6 Å². The smallest absolute Gasteiger partial charge is 0.0545 e. The second-order valence-corrected chi connectivity index (χ2v) is 5.95. The van der Waals surface area contributed by atoms with Crippen molar-refractivity contribution in [2.45, 2.75) is 31.2 Å². The Labute approximate surface area is 105 Å². The van der Waals surface area contributed by atoms with Gasteiger partial charge in [0, 0.05) is 21.7 Å². The lowest BCUT2D eigenvalue weighted by molar-refractivity contribution is 0.472. The highest BCUT2D eigenvalue weighted by Crippen LogP contribution is 2.16. The van der Waals surface area contributed by atoms with E-state index in [0.717, 1.165) is 11.3 Å². The number of hydrogen-bond donors (Lipinski definition) is 1. The molecule has 0 saturated heterocycles. The first kappa shape index (κ1) is 13.7. The van der Waals surface area contributed by atoms with Crippen molar-refractivity contribution in [3.63, 3.8) is 0 Å². The maximum absolute atomic E-state index is 12.0. The van der Waals surface area contributed by atoms with Gasteiger partial charge in [-0.05, 0) is 24.1 Å². The van der Waals surface area contributed by atoms with Crippen LogP contribution in [0.2, 0.25) is 5.02 Å². The highest BCUT2D eigenvalue weighted by Gasteiger charge is 2.15. The summed E-state index contributed by atoms with van der Waals surface area (Å²) in [6, 6.07) is 7.12. The van der Waals surface area contributed by atoms with E-state index in [0.29, 0.717) is 16.7 Å². The minimum Gasteiger partial charge on any atom is -0.327 e. The van der Waals surface area contributed by atoms with E-state index >= 15 is 0 Å². The van der Waals surface area contributed by atoms with Crippen molar-refractivity contribution in [2.75, 3.05) is 5.75 Å². The number of rotatable bonds is 5. The molecule has 0 bridgehead atoms. The van der Waals surface area contributed by atoms with Gasteiger partial charge in [-0.25, -0.2) is 0 Å². The molecule has 3 atom stereocenters. The molecule has 2 nitrogen and oxygen atoms in total. The van der Waals surface area contributed by atoms with Gasteiger partial charge in [-0.1, -0.05) is 37.9 Å². The van der Waals surface area contributed by atoms with Crippen molar-refractivity contribution in [2.24, 2.45) is 11.7 Å². The number of benzene rings is 1. The Bertz CT molecular complexity index is 370. The van der Waals surface area contributed by atoms with Gasteiger partial charge in [0.2, 0.25) is 0 Å². The van der Waals surface area contributed by atoms with Crippen LogP contribution in [-0.2, 0) is 10.8 Å². The third-order valence-electron chi connectivity index (χ3n) is 2.78. The molecular weight excluding hydrogens is 242 g/mol. The second-order valence-electron chi connectivity index (χ2n) is 4.02. The summed E-state index contributed by atoms with van der Waals surface area (Å²) in [7, 11) is -1.06. The Balaban J connectivity index is 2.66. The Morgan fingerprint density at radius 1 is 1.50 bits per heavy atom. The van der Waals surface area contributed by atoms with Crippen molar-refractivity contribution in [3.8, 4) is 0 Å². The molecule has 0 aliphatic heterocycles. The summed E-state index contributed by atoms with van der Waals surface area (Å²) in [5.74, 6) is 0.887. The lowest BCUT2D eigenvalue weighted by Gasteiger charge is -2.17. The zero-order chi connectivity index (χ0) is 12.1. The van der Waals surface area contributed by atoms with Crippen molar-refractivity contribution in [1.29, 1.82) is 0 Å². The molecule has 16 heavy (non-hydrogen) atoms. The largest absolute Gasteiger partial charge is 0.327 e. The Hall–Kier alpha value is -0.380. The Kier molecular flexibility index (Phi) is 5.46. The summed E-state index contributed by atoms with van der Waals surface area (Å²) in [5.41, 5.74) is 5.98. The van der Waals surface area contributed by atoms with Crippen LogP contribution in [-0.4, -0.2) is 16.0 Å². The molecular formula is C12H18ClNOS. The fourth-order valence-electron chi connectivity index (χ4n) is 1.35. The molecule has 1 aromatic carbocycles. The van der Waals surface area contributed by atoms with Crippen LogP contribution in [0.25, 0.3) is 0 Å². The second kappa shape index (κ2) is 6.38. The fourth-order valence-corrected chi connectivity index (χ4v) is 2.96. The molecule has 0 aromatic heterocycles. The molecule has 0 amide bonds. The van der Waals surface area contributed by atoms with Crippen LogP contribution in [0.15, 0.2) is 29.2 Å². The lowest BCUT2D eigenvalue weighted by Crippen LogP contribution is -2.33. The molecule has 0 aliphatic rings. The normalized spacial score (nSPS) is 16.8. The molecule has 2 N–H and O–H groups in total. The van der Waals surface area contributed by atoms with E-state index in [1.165, 1.54) is 0 Å². The van der Waals surface area contributed by atoms with E-state index in [1.807, 2.05) is 12.1 Å². The molecule has 3 unspecified atom stereocenters. The van der Waals surface area contributed by atoms with E-state index in [1.54, 1.807) is 12.1 Å². The van der Waals surface area contributed by atoms with E-state index in [4.69, 9.17) is 17.3 Å². The van der Waals surface area contributed by atoms with Gasteiger partial charge in [-0.2, -0.15) is 0 Å². The first-order valence-corrected chi connectivity index (χ1v) is 7.13. The maximum atomic E-state index is 12.0. The highest BCUT2D eigenvalue weighted by molar-refractivity contribution is 7.85. The summed E-state index contributed by atoms with van der Waals surface area (Å²) < 4.78 is 12.0. The summed E-state index contributed by atoms with van der Waals surface area (Å²) in [6.45, 7) is 4.17. The summed E-state index contributed by atoms with van der Waals surface area (Å²) >= 11 is 5.85. The minimum absolute atomic E-state index is 0.0233. The average molecular weight is 260 g/mol. The topological polar surface area (TPSA) is 43.1 Å². The molecule has 0 radical (unpaired) electrons. The molecule has 90 valence electrons. The van der Waals surface area contributed by atoms with Gasteiger partial charge in [0.05, 0.1) is 10.8 Å². The Morgan fingerprint density at radius 3 is 2.75 bits per heavy atom. The van der Waals surface area contributed by atoms with Crippen molar-refractivity contribution >= 4 is 22.4 Å². The molecule has 4 heteroatoms. The standard InChI is InChI=1S/C12H18ClNOS/c1-3-9(2)12(14)8-16(15)11-6-4-5-10(13)7-11/h4-7,9,12H,3,8,14H2,1-2H3. The predicted octanol–water partition coefficient (Wildman–Crippen LogP) is 2.82. The van der Waals surface area contributed by atoms with Crippen molar-refractivity contribution in [3.05, 3.63) is 29.3 Å². The number of hydrogen-bond acceptors (Lipinski definition) is 2.